The molecule has 6 heteroatoms. The molecule has 0 aliphatic heterocycles. The van der Waals surface area contributed by atoms with Gasteiger partial charge in [-0.1, -0.05) is 50.2 Å². The van der Waals surface area contributed by atoms with Crippen molar-refractivity contribution in [3.8, 4) is 0 Å². The maximum absolute atomic E-state index is 11.8. The zero-order valence-corrected chi connectivity index (χ0v) is 14.7. The lowest BCUT2D eigenvalue weighted by Crippen LogP contribution is -2.28. The summed E-state index contributed by atoms with van der Waals surface area (Å²) in [4.78, 5) is 15.9. The van der Waals surface area contributed by atoms with Crippen molar-refractivity contribution in [3.05, 3.63) is 47.1 Å². The summed E-state index contributed by atoms with van der Waals surface area (Å²) in [6.07, 6.45) is -0.0889. The predicted molar refractivity (Wildman–Crippen MR) is 90.5 cm³/mol. The molecule has 1 amide bonds. The summed E-state index contributed by atoms with van der Waals surface area (Å²) < 4.78 is 4.96. The van der Waals surface area contributed by atoms with E-state index in [1.165, 1.54) is 5.56 Å². The summed E-state index contributed by atoms with van der Waals surface area (Å²) >= 11 is 0. The number of rotatable bonds is 6. The largest absolute Gasteiger partial charge is 0.387 e. The number of aliphatic hydroxyl groups is 1. The average molecular weight is 331 g/mol. The number of aromatic nitrogens is 2. The van der Waals surface area contributed by atoms with Gasteiger partial charge in [0.2, 0.25) is 11.8 Å². The number of hydrogen-bond acceptors (Lipinski definition) is 5. The Kier molecular flexibility index (Phi) is 5.72. The van der Waals surface area contributed by atoms with Gasteiger partial charge in [-0.15, -0.1) is 0 Å². The lowest BCUT2D eigenvalue weighted by atomic mass is 9.86. The summed E-state index contributed by atoms with van der Waals surface area (Å²) in [5, 5.41) is 16.6. The Morgan fingerprint density at radius 2 is 1.96 bits per heavy atom. The van der Waals surface area contributed by atoms with E-state index in [0.717, 1.165) is 5.56 Å². The topological polar surface area (TPSA) is 88.2 Å². The van der Waals surface area contributed by atoms with Crippen LogP contribution in [0.4, 0.5) is 0 Å². The molecule has 0 saturated carbocycles. The van der Waals surface area contributed by atoms with Crippen LogP contribution in [0.1, 0.15) is 56.1 Å². The molecule has 2 aromatic rings. The molecule has 0 aliphatic carbocycles. The van der Waals surface area contributed by atoms with Gasteiger partial charge < -0.3 is 14.9 Å². The Morgan fingerprint density at radius 1 is 1.29 bits per heavy atom. The van der Waals surface area contributed by atoms with Gasteiger partial charge in [0.25, 0.3) is 0 Å². The van der Waals surface area contributed by atoms with Crippen molar-refractivity contribution in [2.75, 3.05) is 6.54 Å². The van der Waals surface area contributed by atoms with E-state index in [2.05, 4.69) is 36.2 Å². The quantitative estimate of drug-likeness (QED) is 0.849. The second-order valence-corrected chi connectivity index (χ2v) is 6.93. The third kappa shape index (κ3) is 5.16. The van der Waals surface area contributed by atoms with Crippen molar-refractivity contribution in [2.45, 2.75) is 52.1 Å². The van der Waals surface area contributed by atoms with Gasteiger partial charge in [0.05, 0.1) is 6.10 Å². The number of hydrogen-bond donors (Lipinski definition) is 2. The Labute approximate surface area is 142 Å². The van der Waals surface area contributed by atoms with Crippen LogP contribution >= 0.6 is 0 Å². The first-order chi connectivity index (χ1) is 11.3. The van der Waals surface area contributed by atoms with Crippen molar-refractivity contribution in [1.29, 1.82) is 0 Å². The summed E-state index contributed by atoms with van der Waals surface area (Å²) in [6.45, 7) is 8.33. The van der Waals surface area contributed by atoms with E-state index >= 15 is 0 Å². The molecule has 0 bridgehead atoms. The monoisotopic (exact) mass is 331 g/mol. The zero-order chi connectivity index (χ0) is 17.7. The zero-order valence-electron chi connectivity index (χ0n) is 14.7. The molecule has 1 atom stereocenters. The molecule has 0 spiro atoms. The first kappa shape index (κ1) is 18.1. The summed E-state index contributed by atoms with van der Waals surface area (Å²) in [6, 6.07) is 7.83. The standard InChI is InChI=1S/C18H25N3O3/c1-12-20-17(24-21-12)10-9-16(23)19-11-15(22)13-5-7-14(8-6-13)18(2,3)4/h5-8,15,22H,9-11H2,1-4H3,(H,19,23). The van der Waals surface area contributed by atoms with Gasteiger partial charge in [-0.25, -0.2) is 0 Å². The number of amides is 1. The first-order valence-corrected chi connectivity index (χ1v) is 8.10. The van der Waals surface area contributed by atoms with Crippen molar-refractivity contribution in [2.24, 2.45) is 0 Å². The molecule has 0 aliphatic rings. The maximum atomic E-state index is 11.8. The predicted octanol–water partition coefficient (Wildman–Crippen LogP) is 2.46. The second-order valence-electron chi connectivity index (χ2n) is 6.93. The number of carbonyl (C=O) groups is 1. The van der Waals surface area contributed by atoms with E-state index in [4.69, 9.17) is 4.52 Å². The van der Waals surface area contributed by atoms with Crippen LogP contribution in [0.25, 0.3) is 0 Å². The van der Waals surface area contributed by atoms with Gasteiger partial charge in [0.15, 0.2) is 5.82 Å². The molecule has 24 heavy (non-hydrogen) atoms. The summed E-state index contributed by atoms with van der Waals surface area (Å²) in [5.41, 5.74) is 2.07. The average Bonchev–Trinajstić information content (AvgIpc) is 2.95. The molecule has 2 rings (SSSR count). The molecule has 1 unspecified atom stereocenters. The minimum absolute atomic E-state index is 0.0742. The van der Waals surface area contributed by atoms with Crippen LogP contribution in [0.15, 0.2) is 28.8 Å². The Bertz CT molecular complexity index is 672. The fourth-order valence-corrected chi connectivity index (χ4v) is 2.28. The minimum atomic E-state index is -0.728. The van der Waals surface area contributed by atoms with Gasteiger partial charge in [0, 0.05) is 19.4 Å². The lowest BCUT2D eigenvalue weighted by molar-refractivity contribution is -0.121. The smallest absolute Gasteiger partial charge is 0.227 e. The van der Waals surface area contributed by atoms with Crippen molar-refractivity contribution in [3.63, 3.8) is 0 Å². The highest BCUT2D eigenvalue weighted by Gasteiger charge is 2.15. The van der Waals surface area contributed by atoms with Crippen molar-refractivity contribution in [1.82, 2.24) is 15.5 Å². The van der Waals surface area contributed by atoms with Gasteiger partial charge >= 0.3 is 0 Å². The number of nitrogens with zero attached hydrogens (tertiary/aromatic N) is 2. The third-order valence-corrected chi connectivity index (χ3v) is 3.79. The van der Waals surface area contributed by atoms with Crippen LogP contribution in [0, 0.1) is 6.92 Å². The van der Waals surface area contributed by atoms with Crippen LogP contribution in [0.2, 0.25) is 0 Å². The van der Waals surface area contributed by atoms with Crippen LogP contribution in [0.5, 0.6) is 0 Å². The summed E-state index contributed by atoms with van der Waals surface area (Å²) in [5.74, 6) is 0.844. The molecule has 130 valence electrons. The van der Waals surface area contributed by atoms with Gasteiger partial charge in [-0.05, 0) is 23.5 Å². The Balaban J connectivity index is 1.79. The highest BCUT2D eigenvalue weighted by Crippen LogP contribution is 2.23. The fraction of sp³-hybridized carbons (Fsp3) is 0.500. The molecule has 0 saturated heterocycles. The number of nitrogens with one attached hydrogen (secondary N) is 1. The van der Waals surface area contributed by atoms with E-state index in [1.807, 2.05) is 24.3 Å². The van der Waals surface area contributed by atoms with E-state index in [0.29, 0.717) is 18.1 Å². The number of aryl methyl sites for hydroxylation is 2. The molecule has 2 N–H and O–H groups in total. The Hall–Kier alpha value is -2.21. The van der Waals surface area contributed by atoms with Crippen LogP contribution < -0.4 is 5.32 Å². The number of carbonyl (C=O) groups excluding carboxylic acids is 1. The highest BCUT2D eigenvalue weighted by atomic mass is 16.5. The number of benzene rings is 1. The Morgan fingerprint density at radius 3 is 2.50 bits per heavy atom. The van der Waals surface area contributed by atoms with Crippen LogP contribution in [0.3, 0.4) is 0 Å². The van der Waals surface area contributed by atoms with E-state index in [9.17, 15) is 9.90 Å². The van der Waals surface area contributed by atoms with Crippen molar-refractivity contribution < 1.29 is 14.4 Å². The molecular formula is C18H25N3O3. The summed E-state index contributed by atoms with van der Waals surface area (Å²) in [7, 11) is 0. The van der Waals surface area contributed by atoms with Gasteiger partial charge in [-0.2, -0.15) is 4.98 Å². The molecule has 6 nitrogen and oxygen atoms in total. The molecule has 0 radical (unpaired) electrons. The first-order valence-electron chi connectivity index (χ1n) is 8.10. The lowest BCUT2D eigenvalue weighted by Gasteiger charge is -2.20. The van der Waals surface area contributed by atoms with Gasteiger partial charge in [-0.3, -0.25) is 4.79 Å². The SMILES string of the molecule is Cc1noc(CCC(=O)NCC(O)c2ccc(C(C)(C)C)cc2)n1. The molecule has 1 aromatic heterocycles. The normalized spacial score (nSPS) is 12.9. The maximum Gasteiger partial charge on any atom is 0.227 e. The van der Waals surface area contributed by atoms with Crippen molar-refractivity contribution >= 4 is 5.91 Å². The molecule has 1 aromatic carbocycles. The molecular weight excluding hydrogens is 306 g/mol. The van der Waals surface area contributed by atoms with Gasteiger partial charge in [0.1, 0.15) is 0 Å². The number of aliphatic hydroxyl groups excluding tert-OH is 1. The third-order valence-electron chi connectivity index (χ3n) is 3.79. The molecule has 0 fully saturated rings. The van der Waals surface area contributed by atoms with E-state index in [1.54, 1.807) is 6.92 Å². The van der Waals surface area contributed by atoms with E-state index in [-0.39, 0.29) is 24.3 Å². The van der Waals surface area contributed by atoms with Crippen LogP contribution in [-0.4, -0.2) is 27.7 Å². The molecule has 1 heterocycles. The minimum Gasteiger partial charge on any atom is -0.387 e. The van der Waals surface area contributed by atoms with E-state index < -0.39 is 6.10 Å². The highest BCUT2D eigenvalue weighted by molar-refractivity contribution is 5.76. The second kappa shape index (κ2) is 7.57. The van der Waals surface area contributed by atoms with Crippen LogP contribution in [-0.2, 0) is 16.6 Å². The fourth-order valence-electron chi connectivity index (χ4n) is 2.28.